The standard InChI is InChI=1S/C24H34N6O2/c1-17-6-7-18(15-21(17)32-3)8-12-28-24(26-2)29-16-20-5-4-11-27-23(20)30-13-9-19(10-14-30)22(25)31/h4-7,11,15,19H,8-10,12-14,16H2,1-3H3,(H2,25,31)(H2,26,28,29). The van der Waals surface area contributed by atoms with E-state index in [0.717, 1.165) is 67.6 Å². The number of amides is 1. The second-order valence-electron chi connectivity index (χ2n) is 8.06. The lowest BCUT2D eigenvalue weighted by Gasteiger charge is -2.32. The normalized spacial score (nSPS) is 14.8. The first-order valence-corrected chi connectivity index (χ1v) is 11.1. The molecule has 2 heterocycles. The number of nitrogens with zero attached hydrogens (tertiary/aromatic N) is 3. The molecule has 0 atom stereocenters. The van der Waals surface area contributed by atoms with Crippen LogP contribution in [0.4, 0.5) is 5.82 Å². The summed E-state index contributed by atoms with van der Waals surface area (Å²) >= 11 is 0. The summed E-state index contributed by atoms with van der Waals surface area (Å²) in [6, 6.07) is 10.3. The molecule has 0 unspecified atom stereocenters. The second kappa shape index (κ2) is 11.4. The Hall–Kier alpha value is -3.29. The predicted molar refractivity (Wildman–Crippen MR) is 128 cm³/mol. The number of ether oxygens (including phenoxy) is 1. The van der Waals surface area contributed by atoms with Crippen LogP contribution < -0.4 is 26.0 Å². The van der Waals surface area contributed by atoms with Crippen LogP contribution in [0.5, 0.6) is 5.75 Å². The summed E-state index contributed by atoms with van der Waals surface area (Å²) in [5.74, 6) is 2.37. The smallest absolute Gasteiger partial charge is 0.220 e. The van der Waals surface area contributed by atoms with E-state index in [-0.39, 0.29) is 11.8 Å². The van der Waals surface area contributed by atoms with Crippen molar-refractivity contribution in [1.29, 1.82) is 0 Å². The lowest BCUT2D eigenvalue weighted by molar-refractivity contribution is -0.122. The van der Waals surface area contributed by atoms with Gasteiger partial charge in [-0.05, 0) is 49.4 Å². The van der Waals surface area contributed by atoms with Crippen molar-refractivity contribution in [2.75, 3.05) is 38.7 Å². The number of hydrogen-bond acceptors (Lipinski definition) is 5. The van der Waals surface area contributed by atoms with Crippen LogP contribution in [0.15, 0.2) is 41.5 Å². The van der Waals surface area contributed by atoms with Gasteiger partial charge in [0.25, 0.3) is 0 Å². The lowest BCUT2D eigenvalue weighted by atomic mass is 9.96. The third-order valence-corrected chi connectivity index (χ3v) is 5.91. The van der Waals surface area contributed by atoms with E-state index in [2.05, 4.69) is 49.8 Å². The fourth-order valence-corrected chi connectivity index (χ4v) is 3.97. The number of piperidine rings is 1. The molecule has 1 fully saturated rings. The highest BCUT2D eigenvalue weighted by Gasteiger charge is 2.24. The Bertz CT molecular complexity index is 938. The number of nitrogens with one attached hydrogen (secondary N) is 2. The lowest BCUT2D eigenvalue weighted by Crippen LogP contribution is -2.40. The molecular formula is C24H34N6O2. The summed E-state index contributed by atoms with van der Waals surface area (Å²) in [4.78, 5) is 22.6. The first kappa shape index (κ1) is 23.4. The fourth-order valence-electron chi connectivity index (χ4n) is 3.97. The monoisotopic (exact) mass is 438 g/mol. The number of primary amides is 1. The van der Waals surface area contributed by atoms with Gasteiger partial charge in [-0.3, -0.25) is 9.79 Å². The van der Waals surface area contributed by atoms with Crippen LogP contribution in [0.3, 0.4) is 0 Å². The molecule has 0 aliphatic carbocycles. The van der Waals surface area contributed by atoms with E-state index in [0.29, 0.717) is 6.54 Å². The summed E-state index contributed by atoms with van der Waals surface area (Å²) in [5.41, 5.74) is 8.90. The predicted octanol–water partition coefficient (Wildman–Crippen LogP) is 2.01. The third kappa shape index (κ3) is 6.12. The molecular weight excluding hydrogens is 404 g/mol. The minimum atomic E-state index is -0.202. The van der Waals surface area contributed by atoms with Crippen LogP contribution in [0.25, 0.3) is 0 Å². The molecule has 3 rings (SSSR count). The van der Waals surface area contributed by atoms with Crippen molar-refractivity contribution in [3.05, 3.63) is 53.2 Å². The average Bonchev–Trinajstić information content (AvgIpc) is 2.82. The van der Waals surface area contributed by atoms with Crippen molar-refractivity contribution in [3.63, 3.8) is 0 Å². The van der Waals surface area contributed by atoms with E-state index >= 15 is 0 Å². The quantitative estimate of drug-likeness (QED) is 0.430. The number of methoxy groups -OCH3 is 1. The molecule has 1 saturated heterocycles. The molecule has 8 heteroatoms. The molecule has 1 aliphatic heterocycles. The number of nitrogens with two attached hydrogens (primary N) is 1. The Labute approximate surface area is 190 Å². The SMILES string of the molecule is CN=C(NCCc1ccc(C)c(OC)c1)NCc1cccnc1N1CCC(C(N)=O)CC1. The number of benzene rings is 1. The van der Waals surface area contributed by atoms with Gasteiger partial charge in [-0.1, -0.05) is 18.2 Å². The van der Waals surface area contributed by atoms with Crippen molar-refractivity contribution in [2.24, 2.45) is 16.6 Å². The number of pyridine rings is 1. The molecule has 32 heavy (non-hydrogen) atoms. The maximum Gasteiger partial charge on any atom is 0.220 e. The zero-order chi connectivity index (χ0) is 22.9. The van der Waals surface area contributed by atoms with E-state index < -0.39 is 0 Å². The van der Waals surface area contributed by atoms with Crippen LogP contribution in [-0.2, 0) is 17.8 Å². The van der Waals surface area contributed by atoms with Gasteiger partial charge >= 0.3 is 0 Å². The number of rotatable bonds is 8. The molecule has 1 aliphatic rings. The number of carbonyl (C=O) groups excluding carboxylic acids is 1. The average molecular weight is 439 g/mol. The molecule has 1 aromatic carbocycles. The van der Waals surface area contributed by atoms with Crippen molar-refractivity contribution in [2.45, 2.75) is 32.7 Å². The first-order valence-electron chi connectivity index (χ1n) is 11.1. The first-order chi connectivity index (χ1) is 15.5. The largest absolute Gasteiger partial charge is 0.496 e. The number of aliphatic imine (C=N–C) groups is 1. The van der Waals surface area contributed by atoms with Gasteiger partial charge < -0.3 is 26.0 Å². The Kier molecular flexibility index (Phi) is 8.30. The van der Waals surface area contributed by atoms with Gasteiger partial charge in [0, 0.05) is 50.9 Å². The number of hydrogen-bond donors (Lipinski definition) is 3. The van der Waals surface area contributed by atoms with Gasteiger partial charge in [0.15, 0.2) is 5.96 Å². The van der Waals surface area contributed by atoms with Crippen molar-refractivity contribution in [1.82, 2.24) is 15.6 Å². The van der Waals surface area contributed by atoms with Crippen LogP contribution in [0.2, 0.25) is 0 Å². The van der Waals surface area contributed by atoms with Gasteiger partial charge in [-0.2, -0.15) is 0 Å². The zero-order valence-electron chi connectivity index (χ0n) is 19.2. The summed E-state index contributed by atoms with van der Waals surface area (Å²) < 4.78 is 5.41. The van der Waals surface area contributed by atoms with E-state index in [1.807, 2.05) is 19.2 Å². The molecule has 4 N–H and O–H groups in total. The van der Waals surface area contributed by atoms with Gasteiger partial charge in [0.05, 0.1) is 7.11 Å². The third-order valence-electron chi connectivity index (χ3n) is 5.91. The number of carbonyl (C=O) groups is 1. The fraction of sp³-hybridized carbons (Fsp3) is 0.458. The molecule has 0 radical (unpaired) electrons. The van der Waals surface area contributed by atoms with Gasteiger partial charge in [0.1, 0.15) is 11.6 Å². The van der Waals surface area contributed by atoms with E-state index in [9.17, 15) is 4.79 Å². The molecule has 0 bridgehead atoms. The highest BCUT2D eigenvalue weighted by Crippen LogP contribution is 2.24. The van der Waals surface area contributed by atoms with E-state index in [4.69, 9.17) is 10.5 Å². The van der Waals surface area contributed by atoms with Crippen LogP contribution in [0.1, 0.15) is 29.5 Å². The van der Waals surface area contributed by atoms with E-state index in [1.165, 1.54) is 5.56 Å². The minimum absolute atomic E-state index is 0.0342. The van der Waals surface area contributed by atoms with Crippen molar-refractivity contribution < 1.29 is 9.53 Å². The summed E-state index contributed by atoms with van der Waals surface area (Å²) in [5, 5.41) is 6.75. The van der Waals surface area contributed by atoms with Crippen LogP contribution >= 0.6 is 0 Å². The number of aryl methyl sites for hydroxylation is 1. The Morgan fingerprint density at radius 2 is 2.06 bits per heavy atom. The molecule has 0 saturated carbocycles. The molecule has 8 nitrogen and oxygen atoms in total. The Balaban J connectivity index is 1.53. The minimum Gasteiger partial charge on any atom is -0.496 e. The zero-order valence-corrected chi connectivity index (χ0v) is 19.2. The second-order valence-corrected chi connectivity index (χ2v) is 8.06. The maximum absolute atomic E-state index is 11.5. The van der Waals surface area contributed by atoms with Gasteiger partial charge in [-0.15, -0.1) is 0 Å². The van der Waals surface area contributed by atoms with Gasteiger partial charge in [-0.25, -0.2) is 4.98 Å². The van der Waals surface area contributed by atoms with Crippen molar-refractivity contribution in [3.8, 4) is 5.75 Å². The molecule has 2 aromatic rings. The molecule has 1 amide bonds. The summed E-state index contributed by atoms with van der Waals surface area (Å²) in [6.45, 7) is 4.97. The van der Waals surface area contributed by atoms with E-state index in [1.54, 1.807) is 14.2 Å². The molecule has 1 aromatic heterocycles. The van der Waals surface area contributed by atoms with Crippen LogP contribution in [-0.4, -0.2) is 50.6 Å². The van der Waals surface area contributed by atoms with Gasteiger partial charge in [0.2, 0.25) is 5.91 Å². The summed E-state index contributed by atoms with van der Waals surface area (Å²) in [6.07, 6.45) is 4.21. The van der Waals surface area contributed by atoms with Crippen LogP contribution in [0, 0.1) is 12.8 Å². The number of anilines is 1. The van der Waals surface area contributed by atoms with Crippen molar-refractivity contribution >= 4 is 17.7 Å². The Morgan fingerprint density at radius 1 is 1.28 bits per heavy atom. The number of guanidine groups is 1. The number of aromatic nitrogens is 1. The highest BCUT2D eigenvalue weighted by atomic mass is 16.5. The topological polar surface area (TPSA) is 105 Å². The molecule has 0 spiro atoms. The summed E-state index contributed by atoms with van der Waals surface area (Å²) in [7, 11) is 3.46. The Morgan fingerprint density at radius 3 is 2.75 bits per heavy atom. The maximum atomic E-state index is 11.5. The molecule has 172 valence electrons. The highest BCUT2D eigenvalue weighted by molar-refractivity contribution is 5.79.